The molecule has 0 bridgehead atoms. The van der Waals surface area contributed by atoms with Gasteiger partial charge in [-0.3, -0.25) is 9.69 Å². The molecular weight excluding hydrogens is 254 g/mol. The highest BCUT2D eigenvalue weighted by molar-refractivity contribution is 5.78. The van der Waals surface area contributed by atoms with Crippen LogP contribution in [0.25, 0.3) is 10.9 Å². The number of piperidine rings is 1. The van der Waals surface area contributed by atoms with Crippen LogP contribution in [0.15, 0.2) is 29.3 Å². The van der Waals surface area contributed by atoms with Gasteiger partial charge in [-0.05, 0) is 44.1 Å². The fourth-order valence-electron chi connectivity index (χ4n) is 2.61. The smallest absolute Gasteiger partial charge is 0.258 e. The van der Waals surface area contributed by atoms with E-state index < -0.39 is 0 Å². The molecule has 1 N–H and O–H groups in total. The third kappa shape index (κ3) is 2.99. The van der Waals surface area contributed by atoms with E-state index in [1.54, 1.807) is 6.07 Å². The third-order valence-corrected chi connectivity index (χ3v) is 3.74. The molecule has 0 aliphatic carbocycles. The van der Waals surface area contributed by atoms with Crippen molar-refractivity contribution in [3.8, 4) is 5.75 Å². The summed E-state index contributed by atoms with van der Waals surface area (Å²) in [4.78, 5) is 20.8. The van der Waals surface area contributed by atoms with Gasteiger partial charge in [-0.15, -0.1) is 0 Å². The number of nitrogens with one attached hydrogen (secondary N) is 1. The number of ether oxygens (including phenoxy) is 1. The van der Waals surface area contributed by atoms with Crippen LogP contribution in [0.3, 0.4) is 0 Å². The van der Waals surface area contributed by atoms with Gasteiger partial charge in [0.25, 0.3) is 5.56 Å². The largest absolute Gasteiger partial charge is 0.492 e. The van der Waals surface area contributed by atoms with Gasteiger partial charge in [0.1, 0.15) is 12.4 Å². The number of fused-ring (bicyclic) bond motifs is 1. The quantitative estimate of drug-likeness (QED) is 0.922. The van der Waals surface area contributed by atoms with Crippen LogP contribution in [-0.4, -0.2) is 41.1 Å². The molecule has 0 unspecified atom stereocenters. The predicted octanol–water partition coefficient (Wildman–Crippen LogP) is 1.79. The monoisotopic (exact) mass is 273 g/mol. The Balaban J connectivity index is 1.62. The molecule has 1 aromatic heterocycles. The molecule has 1 fully saturated rings. The Morgan fingerprint density at radius 3 is 2.95 bits per heavy atom. The average Bonchev–Trinajstić information content (AvgIpc) is 2.49. The average molecular weight is 273 g/mol. The minimum Gasteiger partial charge on any atom is -0.492 e. The number of aromatic nitrogens is 2. The lowest BCUT2D eigenvalue weighted by Crippen LogP contribution is -2.33. The molecule has 2 heterocycles. The Bertz CT molecular complexity index is 632. The first-order chi connectivity index (χ1) is 9.83. The number of hydrogen-bond acceptors (Lipinski definition) is 4. The summed E-state index contributed by atoms with van der Waals surface area (Å²) in [5.74, 6) is 0.730. The second-order valence-electron chi connectivity index (χ2n) is 5.16. The lowest BCUT2D eigenvalue weighted by molar-refractivity contribution is 0.183. The standard InChI is InChI=1S/C15H19N3O2/c19-15-13-10-12(4-5-14(13)16-11-17-15)20-9-8-18-6-2-1-3-7-18/h4-5,10-11H,1-3,6-9H2,(H,16,17,19). The molecular formula is C15H19N3O2. The molecule has 0 atom stereocenters. The van der Waals surface area contributed by atoms with Gasteiger partial charge in [0.15, 0.2) is 0 Å². The molecule has 1 saturated heterocycles. The second kappa shape index (κ2) is 6.05. The number of rotatable bonds is 4. The van der Waals surface area contributed by atoms with Crippen molar-refractivity contribution in [1.29, 1.82) is 0 Å². The van der Waals surface area contributed by atoms with E-state index >= 15 is 0 Å². The Morgan fingerprint density at radius 1 is 1.25 bits per heavy atom. The molecule has 0 amide bonds. The minimum absolute atomic E-state index is 0.128. The maximum atomic E-state index is 11.7. The van der Waals surface area contributed by atoms with Crippen LogP contribution in [0.2, 0.25) is 0 Å². The second-order valence-corrected chi connectivity index (χ2v) is 5.16. The summed E-state index contributed by atoms with van der Waals surface area (Å²) in [5.41, 5.74) is 0.564. The molecule has 1 aliphatic heterocycles. The molecule has 2 aromatic rings. The summed E-state index contributed by atoms with van der Waals surface area (Å²) in [6.45, 7) is 3.94. The lowest BCUT2D eigenvalue weighted by Gasteiger charge is -2.26. The van der Waals surface area contributed by atoms with Crippen LogP contribution < -0.4 is 10.3 Å². The maximum absolute atomic E-state index is 11.7. The molecule has 20 heavy (non-hydrogen) atoms. The highest BCUT2D eigenvalue weighted by Gasteiger charge is 2.09. The molecule has 0 saturated carbocycles. The summed E-state index contributed by atoms with van der Waals surface area (Å²) < 4.78 is 5.75. The first kappa shape index (κ1) is 13.1. The van der Waals surface area contributed by atoms with E-state index in [9.17, 15) is 4.79 Å². The van der Waals surface area contributed by atoms with Crippen molar-refractivity contribution in [1.82, 2.24) is 14.9 Å². The van der Waals surface area contributed by atoms with Gasteiger partial charge in [-0.2, -0.15) is 0 Å². The summed E-state index contributed by atoms with van der Waals surface area (Å²) in [6, 6.07) is 5.45. The van der Waals surface area contributed by atoms with Gasteiger partial charge in [-0.25, -0.2) is 4.98 Å². The number of aromatic amines is 1. The van der Waals surface area contributed by atoms with E-state index in [0.29, 0.717) is 17.5 Å². The topological polar surface area (TPSA) is 58.2 Å². The van der Waals surface area contributed by atoms with Gasteiger partial charge in [0, 0.05) is 6.54 Å². The zero-order valence-electron chi connectivity index (χ0n) is 11.5. The van der Waals surface area contributed by atoms with E-state index in [-0.39, 0.29) is 5.56 Å². The number of nitrogens with zero attached hydrogens (tertiary/aromatic N) is 2. The van der Waals surface area contributed by atoms with Gasteiger partial charge < -0.3 is 9.72 Å². The van der Waals surface area contributed by atoms with Gasteiger partial charge in [0.05, 0.1) is 17.2 Å². The van der Waals surface area contributed by atoms with Crippen molar-refractivity contribution in [3.63, 3.8) is 0 Å². The number of likely N-dealkylation sites (tertiary alicyclic amines) is 1. The first-order valence-electron chi connectivity index (χ1n) is 7.15. The highest BCUT2D eigenvalue weighted by Crippen LogP contribution is 2.16. The van der Waals surface area contributed by atoms with Crippen molar-refractivity contribution in [2.45, 2.75) is 19.3 Å². The molecule has 1 aliphatic rings. The van der Waals surface area contributed by atoms with E-state index in [4.69, 9.17) is 4.74 Å². The van der Waals surface area contributed by atoms with Crippen LogP contribution in [0.5, 0.6) is 5.75 Å². The van der Waals surface area contributed by atoms with Crippen LogP contribution in [-0.2, 0) is 0 Å². The number of hydrogen-bond donors (Lipinski definition) is 1. The lowest BCUT2D eigenvalue weighted by atomic mass is 10.1. The Hall–Kier alpha value is -1.88. The SMILES string of the molecule is O=c1[nH]cnc2ccc(OCCN3CCCCC3)cc12. The maximum Gasteiger partial charge on any atom is 0.258 e. The van der Waals surface area contributed by atoms with Crippen molar-refractivity contribution in [3.05, 3.63) is 34.9 Å². The van der Waals surface area contributed by atoms with Crippen LogP contribution in [0, 0.1) is 0 Å². The summed E-state index contributed by atoms with van der Waals surface area (Å²) in [5, 5.41) is 0.572. The van der Waals surface area contributed by atoms with Crippen molar-refractivity contribution in [2.75, 3.05) is 26.2 Å². The molecule has 5 heteroatoms. The molecule has 0 spiro atoms. The number of benzene rings is 1. The molecule has 0 radical (unpaired) electrons. The molecule has 5 nitrogen and oxygen atoms in total. The summed E-state index contributed by atoms with van der Waals surface area (Å²) in [6.07, 6.45) is 5.34. The summed E-state index contributed by atoms with van der Waals surface area (Å²) >= 11 is 0. The van der Waals surface area contributed by atoms with Crippen molar-refractivity contribution in [2.24, 2.45) is 0 Å². The zero-order valence-corrected chi connectivity index (χ0v) is 11.5. The van der Waals surface area contributed by atoms with Gasteiger partial charge in [0.2, 0.25) is 0 Å². The Labute approximate surface area is 117 Å². The van der Waals surface area contributed by atoms with E-state index in [1.807, 2.05) is 12.1 Å². The predicted molar refractivity (Wildman–Crippen MR) is 78.1 cm³/mol. The third-order valence-electron chi connectivity index (χ3n) is 3.74. The Morgan fingerprint density at radius 2 is 2.10 bits per heavy atom. The first-order valence-corrected chi connectivity index (χ1v) is 7.15. The minimum atomic E-state index is -0.128. The van der Waals surface area contributed by atoms with Crippen molar-refractivity contribution >= 4 is 10.9 Å². The van der Waals surface area contributed by atoms with Crippen LogP contribution in [0.4, 0.5) is 0 Å². The fraction of sp³-hybridized carbons (Fsp3) is 0.467. The van der Waals surface area contributed by atoms with Crippen molar-refractivity contribution < 1.29 is 4.74 Å². The Kier molecular flexibility index (Phi) is 3.97. The molecule has 106 valence electrons. The van der Waals surface area contributed by atoms with Crippen LogP contribution in [0.1, 0.15) is 19.3 Å². The molecule has 1 aromatic carbocycles. The van der Waals surface area contributed by atoms with Gasteiger partial charge >= 0.3 is 0 Å². The number of H-pyrrole nitrogens is 1. The van der Waals surface area contributed by atoms with E-state index in [0.717, 1.165) is 12.3 Å². The highest BCUT2D eigenvalue weighted by atomic mass is 16.5. The van der Waals surface area contributed by atoms with Crippen LogP contribution >= 0.6 is 0 Å². The molecule has 3 rings (SSSR count). The normalized spacial score (nSPS) is 16.4. The zero-order chi connectivity index (χ0) is 13.8. The van der Waals surface area contributed by atoms with Gasteiger partial charge in [-0.1, -0.05) is 6.42 Å². The van der Waals surface area contributed by atoms with E-state index in [1.165, 1.54) is 38.7 Å². The fourth-order valence-corrected chi connectivity index (χ4v) is 2.61. The summed E-state index contributed by atoms with van der Waals surface area (Å²) in [7, 11) is 0. The van der Waals surface area contributed by atoms with E-state index in [2.05, 4.69) is 14.9 Å².